The van der Waals surface area contributed by atoms with E-state index >= 15 is 0 Å². The Labute approximate surface area is 63.0 Å². The molecule has 1 nitrogen and oxygen atoms in total. The van der Waals surface area contributed by atoms with Crippen LogP contribution in [0, 0.1) is 0 Å². The number of nitrogens with one attached hydrogen (secondary N) is 1. The number of halogens is 1. The molecule has 10 heavy (non-hydrogen) atoms. The van der Waals surface area contributed by atoms with Crippen molar-refractivity contribution in [2.75, 3.05) is 13.1 Å². The van der Waals surface area contributed by atoms with E-state index in [1.807, 2.05) is 13.8 Å². The van der Waals surface area contributed by atoms with Crippen molar-refractivity contribution in [3.63, 3.8) is 0 Å². The van der Waals surface area contributed by atoms with Gasteiger partial charge in [0.05, 0.1) is 0 Å². The lowest BCUT2D eigenvalue weighted by Gasteiger charge is -1.98. The SMILES string of the molecule is CC.F[C@@H]1CCCNCC1. The first kappa shape index (κ1) is 9.89. The van der Waals surface area contributed by atoms with Crippen molar-refractivity contribution in [3.8, 4) is 0 Å². The summed E-state index contributed by atoms with van der Waals surface area (Å²) in [5, 5.41) is 3.14. The van der Waals surface area contributed by atoms with Crippen molar-refractivity contribution < 1.29 is 4.39 Å². The van der Waals surface area contributed by atoms with E-state index in [-0.39, 0.29) is 0 Å². The van der Waals surface area contributed by atoms with Gasteiger partial charge in [-0.2, -0.15) is 0 Å². The Hall–Kier alpha value is -0.110. The third-order valence-electron chi connectivity index (χ3n) is 1.51. The van der Waals surface area contributed by atoms with Gasteiger partial charge < -0.3 is 5.32 Å². The van der Waals surface area contributed by atoms with Gasteiger partial charge in [0.15, 0.2) is 0 Å². The second-order valence-electron chi connectivity index (χ2n) is 2.28. The van der Waals surface area contributed by atoms with Crippen LogP contribution in [-0.2, 0) is 0 Å². The van der Waals surface area contributed by atoms with E-state index in [1.165, 1.54) is 0 Å². The summed E-state index contributed by atoms with van der Waals surface area (Å²) >= 11 is 0. The Bertz CT molecular complexity index is 58.3. The topological polar surface area (TPSA) is 12.0 Å². The van der Waals surface area contributed by atoms with Crippen molar-refractivity contribution in [2.45, 2.75) is 39.3 Å². The maximum Gasteiger partial charge on any atom is 0.101 e. The molecule has 1 fully saturated rings. The number of hydrogen-bond donors (Lipinski definition) is 1. The third-order valence-corrected chi connectivity index (χ3v) is 1.51. The number of alkyl halides is 1. The lowest BCUT2D eigenvalue weighted by molar-refractivity contribution is 0.307. The first-order chi connectivity index (χ1) is 4.89. The van der Waals surface area contributed by atoms with E-state index in [9.17, 15) is 4.39 Å². The van der Waals surface area contributed by atoms with Crippen molar-refractivity contribution in [1.82, 2.24) is 5.32 Å². The monoisotopic (exact) mass is 147 g/mol. The normalized spacial score (nSPS) is 26.1. The van der Waals surface area contributed by atoms with Crippen LogP contribution in [0.3, 0.4) is 0 Å². The van der Waals surface area contributed by atoms with Crippen LogP contribution in [0.5, 0.6) is 0 Å². The summed E-state index contributed by atoms with van der Waals surface area (Å²) in [5.41, 5.74) is 0. The fourth-order valence-electron chi connectivity index (χ4n) is 0.977. The summed E-state index contributed by atoms with van der Waals surface area (Å²) in [4.78, 5) is 0. The number of hydrogen-bond acceptors (Lipinski definition) is 1. The van der Waals surface area contributed by atoms with Crippen LogP contribution in [0.1, 0.15) is 33.1 Å². The Balaban J connectivity index is 0.000000371. The van der Waals surface area contributed by atoms with E-state index in [1.54, 1.807) is 0 Å². The lowest BCUT2D eigenvalue weighted by atomic mass is 10.2. The molecule has 0 aromatic rings. The molecule has 0 saturated carbocycles. The molecule has 0 bridgehead atoms. The molecule has 1 rings (SSSR count). The summed E-state index contributed by atoms with van der Waals surface area (Å²) in [6, 6.07) is 0. The van der Waals surface area contributed by atoms with E-state index < -0.39 is 6.17 Å². The van der Waals surface area contributed by atoms with Crippen LogP contribution in [0.25, 0.3) is 0 Å². The Morgan fingerprint density at radius 1 is 1.20 bits per heavy atom. The molecule has 1 atom stereocenters. The van der Waals surface area contributed by atoms with Gasteiger partial charge >= 0.3 is 0 Å². The number of rotatable bonds is 0. The molecule has 0 aliphatic carbocycles. The van der Waals surface area contributed by atoms with Gasteiger partial charge in [-0.3, -0.25) is 0 Å². The average molecular weight is 147 g/mol. The second-order valence-corrected chi connectivity index (χ2v) is 2.28. The predicted octanol–water partition coefficient (Wildman–Crippen LogP) is 2.12. The molecule has 0 spiro atoms. The molecule has 1 N–H and O–H groups in total. The first-order valence-corrected chi connectivity index (χ1v) is 4.24. The van der Waals surface area contributed by atoms with E-state index in [4.69, 9.17) is 0 Å². The van der Waals surface area contributed by atoms with Crippen LogP contribution >= 0.6 is 0 Å². The minimum Gasteiger partial charge on any atom is -0.317 e. The molecule has 0 amide bonds. The fourth-order valence-corrected chi connectivity index (χ4v) is 0.977. The molecule has 1 aliphatic heterocycles. The highest BCUT2D eigenvalue weighted by atomic mass is 19.1. The molecule has 2 heteroatoms. The van der Waals surface area contributed by atoms with E-state index in [0.29, 0.717) is 6.42 Å². The molecule has 0 aromatic carbocycles. The van der Waals surface area contributed by atoms with E-state index in [0.717, 1.165) is 25.9 Å². The zero-order chi connectivity index (χ0) is 7.82. The highest BCUT2D eigenvalue weighted by Crippen LogP contribution is 2.07. The van der Waals surface area contributed by atoms with Gasteiger partial charge in [0.1, 0.15) is 6.17 Å². The maximum absolute atomic E-state index is 12.4. The van der Waals surface area contributed by atoms with Gasteiger partial charge in [-0.1, -0.05) is 13.8 Å². The van der Waals surface area contributed by atoms with Crippen LogP contribution in [-0.4, -0.2) is 19.3 Å². The second kappa shape index (κ2) is 7.00. The van der Waals surface area contributed by atoms with Gasteiger partial charge in [-0.25, -0.2) is 4.39 Å². The highest BCUT2D eigenvalue weighted by Gasteiger charge is 2.08. The van der Waals surface area contributed by atoms with Crippen molar-refractivity contribution >= 4 is 0 Å². The van der Waals surface area contributed by atoms with Crippen molar-refractivity contribution in [3.05, 3.63) is 0 Å². The molecule has 62 valence electrons. The average Bonchev–Trinajstić information content (AvgIpc) is 2.21. The van der Waals surface area contributed by atoms with Gasteiger partial charge in [0, 0.05) is 0 Å². The Kier molecular flexibility index (Phi) is 6.93. The first-order valence-electron chi connectivity index (χ1n) is 4.24. The quantitative estimate of drug-likeness (QED) is 0.553. The van der Waals surface area contributed by atoms with Gasteiger partial charge in [-0.15, -0.1) is 0 Å². The van der Waals surface area contributed by atoms with Crippen LogP contribution in [0.15, 0.2) is 0 Å². The Morgan fingerprint density at radius 3 is 2.60 bits per heavy atom. The minimum absolute atomic E-state index is 0.537. The maximum atomic E-state index is 12.4. The summed E-state index contributed by atoms with van der Waals surface area (Å²) in [7, 11) is 0. The Morgan fingerprint density at radius 2 is 1.90 bits per heavy atom. The predicted molar refractivity (Wildman–Crippen MR) is 43.0 cm³/mol. The molecular formula is C8H18FN. The zero-order valence-electron chi connectivity index (χ0n) is 6.99. The third kappa shape index (κ3) is 4.74. The smallest absolute Gasteiger partial charge is 0.101 e. The lowest BCUT2D eigenvalue weighted by Crippen LogP contribution is -2.14. The van der Waals surface area contributed by atoms with E-state index in [2.05, 4.69) is 5.32 Å². The largest absolute Gasteiger partial charge is 0.317 e. The van der Waals surface area contributed by atoms with Gasteiger partial charge in [0.25, 0.3) is 0 Å². The highest BCUT2D eigenvalue weighted by molar-refractivity contribution is 4.63. The molecule has 0 radical (unpaired) electrons. The molecule has 1 saturated heterocycles. The van der Waals surface area contributed by atoms with Crippen molar-refractivity contribution in [1.29, 1.82) is 0 Å². The molecule has 1 heterocycles. The summed E-state index contributed by atoms with van der Waals surface area (Å²) < 4.78 is 12.4. The minimum atomic E-state index is -0.537. The summed E-state index contributed by atoms with van der Waals surface area (Å²) in [5.74, 6) is 0. The van der Waals surface area contributed by atoms with Crippen LogP contribution in [0.4, 0.5) is 4.39 Å². The fraction of sp³-hybridized carbons (Fsp3) is 1.00. The van der Waals surface area contributed by atoms with Crippen molar-refractivity contribution in [2.24, 2.45) is 0 Å². The standard InChI is InChI=1S/C6H12FN.C2H6/c7-6-2-1-4-8-5-3-6;1-2/h6,8H,1-5H2;1-2H3/t6-;/m1./s1. The molecule has 1 aliphatic rings. The van der Waals surface area contributed by atoms with Crippen LogP contribution in [0.2, 0.25) is 0 Å². The molecular weight excluding hydrogens is 129 g/mol. The zero-order valence-corrected chi connectivity index (χ0v) is 6.99. The summed E-state index contributed by atoms with van der Waals surface area (Å²) in [6.07, 6.45) is 1.93. The molecule has 0 unspecified atom stereocenters. The molecule has 0 aromatic heterocycles. The summed E-state index contributed by atoms with van der Waals surface area (Å²) in [6.45, 7) is 5.86. The van der Waals surface area contributed by atoms with Gasteiger partial charge in [0.2, 0.25) is 0 Å². The van der Waals surface area contributed by atoms with Gasteiger partial charge in [-0.05, 0) is 32.4 Å². The van der Waals surface area contributed by atoms with Crippen LogP contribution < -0.4 is 5.32 Å².